The number of halogens is 2. The Hall–Kier alpha value is -2.57. The molecular formula is C20H23F2N5O4S. The second kappa shape index (κ2) is 7.78. The minimum Gasteiger partial charge on any atom is -0.474 e. The molecule has 0 bridgehead atoms. The second-order valence-corrected chi connectivity index (χ2v) is 9.98. The van der Waals surface area contributed by atoms with Gasteiger partial charge in [0.2, 0.25) is 5.88 Å². The first-order chi connectivity index (χ1) is 15.3. The van der Waals surface area contributed by atoms with Crippen molar-refractivity contribution in [3.63, 3.8) is 0 Å². The van der Waals surface area contributed by atoms with E-state index in [0.717, 1.165) is 6.42 Å². The van der Waals surface area contributed by atoms with Gasteiger partial charge in [-0.15, -0.1) is 4.36 Å². The van der Waals surface area contributed by atoms with E-state index in [4.69, 9.17) is 14.6 Å². The Bertz CT molecular complexity index is 1240. The van der Waals surface area contributed by atoms with Crippen molar-refractivity contribution in [1.29, 1.82) is 0 Å². The highest BCUT2D eigenvalue weighted by atomic mass is 32.2. The van der Waals surface area contributed by atoms with Crippen molar-refractivity contribution < 1.29 is 27.3 Å². The number of ether oxygens (including phenoxy) is 2. The van der Waals surface area contributed by atoms with Gasteiger partial charge in [0.05, 0.1) is 12.7 Å². The molecular weight excluding hydrogens is 444 g/mol. The van der Waals surface area contributed by atoms with Crippen LogP contribution in [0, 0.1) is 5.82 Å². The van der Waals surface area contributed by atoms with Gasteiger partial charge >= 0.3 is 6.03 Å². The van der Waals surface area contributed by atoms with E-state index in [1.807, 2.05) is 0 Å². The minimum atomic E-state index is -3.68. The fourth-order valence-electron chi connectivity index (χ4n) is 4.71. The number of fused-ring (bicyclic) bond motifs is 3. The number of nitrogens with zero attached hydrogens (tertiary/aromatic N) is 3. The Morgan fingerprint density at radius 3 is 2.88 bits per heavy atom. The van der Waals surface area contributed by atoms with Crippen molar-refractivity contribution in [3.8, 4) is 5.88 Å². The lowest BCUT2D eigenvalue weighted by Crippen LogP contribution is -2.32. The summed E-state index contributed by atoms with van der Waals surface area (Å²) in [6, 6.07) is -0.951. The van der Waals surface area contributed by atoms with Gasteiger partial charge in [-0.2, -0.15) is 5.10 Å². The van der Waals surface area contributed by atoms with E-state index >= 15 is 0 Å². The van der Waals surface area contributed by atoms with Crippen LogP contribution in [0.5, 0.6) is 5.88 Å². The number of amides is 2. The summed E-state index contributed by atoms with van der Waals surface area (Å²) < 4.78 is 58.0. The lowest BCUT2D eigenvalue weighted by atomic mass is 9.98. The average Bonchev–Trinajstić information content (AvgIpc) is 3.48. The summed E-state index contributed by atoms with van der Waals surface area (Å²) in [5.74, 6) is -0.200. The van der Waals surface area contributed by atoms with Crippen molar-refractivity contribution in [2.75, 3.05) is 19.0 Å². The first kappa shape index (κ1) is 21.3. The van der Waals surface area contributed by atoms with Gasteiger partial charge in [-0.25, -0.2) is 27.6 Å². The molecule has 1 aromatic heterocycles. The molecule has 2 aromatic rings. The number of carbonyl (C=O) groups excluding carboxylic acids is 1. The largest absolute Gasteiger partial charge is 0.474 e. The number of nitrogens with one attached hydrogen (secondary N) is 1. The van der Waals surface area contributed by atoms with Crippen LogP contribution < -0.4 is 15.2 Å². The highest BCUT2D eigenvalue weighted by molar-refractivity contribution is 7.91. The lowest BCUT2D eigenvalue weighted by molar-refractivity contribution is 0.0165. The van der Waals surface area contributed by atoms with Crippen LogP contribution in [0.3, 0.4) is 0 Å². The minimum absolute atomic E-state index is 0.000546. The quantitative estimate of drug-likeness (QED) is 0.718. The summed E-state index contributed by atoms with van der Waals surface area (Å²) in [5, 5.41) is 12.6. The molecule has 3 aliphatic rings. The van der Waals surface area contributed by atoms with Crippen LogP contribution in [0.25, 0.3) is 0 Å². The van der Waals surface area contributed by atoms with E-state index in [2.05, 4.69) is 14.8 Å². The molecule has 0 saturated carbocycles. The number of hydrogen-bond donors (Lipinski definition) is 2. The number of aromatic nitrogens is 2. The second-order valence-electron chi connectivity index (χ2n) is 8.22. The Morgan fingerprint density at radius 1 is 1.34 bits per heavy atom. The molecule has 9 nitrogen and oxygen atoms in total. The molecule has 0 spiro atoms. The number of rotatable bonds is 3. The third-order valence-electron chi connectivity index (χ3n) is 6.21. The number of alkyl halides is 1. The molecule has 3 atom stereocenters. The molecule has 3 N–H and O–H groups in total. The number of anilines is 1. The van der Waals surface area contributed by atoms with E-state index < -0.39 is 22.1 Å². The summed E-state index contributed by atoms with van der Waals surface area (Å²) >= 11 is 0. The van der Waals surface area contributed by atoms with Crippen molar-refractivity contribution in [2.24, 2.45) is 9.50 Å². The summed E-state index contributed by atoms with van der Waals surface area (Å²) in [4.78, 5) is 12.7. The summed E-state index contributed by atoms with van der Waals surface area (Å²) in [7, 11) is -2.14. The first-order valence-electron chi connectivity index (χ1n) is 10.3. The smallest absolute Gasteiger partial charge is 0.354 e. The third kappa shape index (κ3) is 3.46. The zero-order valence-electron chi connectivity index (χ0n) is 17.4. The molecule has 32 heavy (non-hydrogen) atoms. The number of urea groups is 1. The first-order valence-corrected chi connectivity index (χ1v) is 11.9. The predicted molar refractivity (Wildman–Crippen MR) is 111 cm³/mol. The fourth-order valence-corrected chi connectivity index (χ4v) is 5.71. The topological polar surface area (TPSA) is 121 Å². The molecule has 0 radical (unpaired) electrons. The maximum absolute atomic E-state index is 14.8. The van der Waals surface area contributed by atoms with E-state index in [-0.39, 0.29) is 42.1 Å². The molecule has 0 saturated heterocycles. The molecule has 2 amide bonds. The van der Waals surface area contributed by atoms with E-state index in [1.165, 1.54) is 10.9 Å². The number of carbonyl (C=O) groups is 1. The number of hydrogen-bond acceptors (Lipinski definition) is 5. The van der Waals surface area contributed by atoms with E-state index in [1.54, 1.807) is 7.11 Å². The maximum Gasteiger partial charge on any atom is 0.354 e. The highest BCUT2D eigenvalue weighted by Crippen LogP contribution is 2.41. The SMILES string of the molecule is CO[C@@H]1COc2c(S(N)(=O)=NC(=O)Nc3c4c(c(F)c5c3CC(F)C5)CCC4)cnn2C1. The number of nitrogens with two attached hydrogens (primary N) is 1. The van der Waals surface area contributed by atoms with Gasteiger partial charge in [0, 0.05) is 25.6 Å². The molecule has 1 aliphatic heterocycles. The molecule has 5 rings (SSSR count). The standard InChI is InChI=1S/C20H23F2N5O4S/c1-30-11-8-27-19(31-9-11)16(7-24-27)32(23,29)26-20(28)25-18-13-4-2-3-12(13)17(22)14-5-10(21)6-15(14)18/h7,10-11H,2-6,8-9H2,1H3,(H3,23,25,26,28,29)/t10?,11-,32?/m0/s1. The van der Waals surface area contributed by atoms with Gasteiger partial charge in [-0.3, -0.25) is 0 Å². The summed E-state index contributed by atoms with van der Waals surface area (Å²) in [6.07, 6.45) is 1.66. The molecule has 1 aromatic carbocycles. The van der Waals surface area contributed by atoms with Crippen LogP contribution in [0.2, 0.25) is 0 Å². The molecule has 0 fully saturated rings. The molecule has 172 valence electrons. The van der Waals surface area contributed by atoms with Gasteiger partial charge in [-0.05, 0) is 41.5 Å². The van der Waals surface area contributed by atoms with Crippen molar-refractivity contribution in [2.45, 2.75) is 55.8 Å². The molecule has 2 aliphatic carbocycles. The molecule has 12 heteroatoms. The fraction of sp³-hybridized carbons (Fsp3) is 0.500. The molecule has 2 unspecified atom stereocenters. The zero-order valence-corrected chi connectivity index (χ0v) is 18.2. The highest BCUT2D eigenvalue weighted by Gasteiger charge is 2.34. The van der Waals surface area contributed by atoms with Crippen LogP contribution in [-0.2, 0) is 46.9 Å². The predicted octanol–water partition coefficient (Wildman–Crippen LogP) is 2.29. The number of methoxy groups -OCH3 is 1. The Balaban J connectivity index is 1.47. The summed E-state index contributed by atoms with van der Waals surface area (Å²) in [5.41, 5.74) is 2.27. The van der Waals surface area contributed by atoms with Crippen LogP contribution in [0.1, 0.15) is 28.7 Å². The van der Waals surface area contributed by atoms with Gasteiger partial charge in [-0.1, -0.05) is 0 Å². The average molecular weight is 467 g/mol. The van der Waals surface area contributed by atoms with Crippen molar-refractivity contribution in [1.82, 2.24) is 9.78 Å². The number of benzene rings is 1. The zero-order chi connectivity index (χ0) is 22.6. The summed E-state index contributed by atoms with van der Waals surface area (Å²) in [6.45, 7) is 0.598. The van der Waals surface area contributed by atoms with Gasteiger partial charge < -0.3 is 14.8 Å². The normalized spacial score (nSPS) is 23.0. The van der Waals surface area contributed by atoms with Crippen molar-refractivity contribution >= 4 is 21.6 Å². The monoisotopic (exact) mass is 467 g/mol. The van der Waals surface area contributed by atoms with E-state index in [9.17, 15) is 17.8 Å². The van der Waals surface area contributed by atoms with Crippen LogP contribution in [0.4, 0.5) is 19.3 Å². The van der Waals surface area contributed by atoms with Crippen molar-refractivity contribution in [3.05, 3.63) is 34.3 Å². The van der Waals surface area contributed by atoms with Crippen LogP contribution in [0.15, 0.2) is 15.5 Å². The van der Waals surface area contributed by atoms with Crippen LogP contribution in [-0.4, -0.2) is 46.0 Å². The van der Waals surface area contributed by atoms with Crippen LogP contribution >= 0.6 is 0 Å². The third-order valence-corrected chi connectivity index (χ3v) is 7.56. The van der Waals surface area contributed by atoms with E-state index in [0.29, 0.717) is 47.3 Å². The maximum atomic E-state index is 14.8. The van der Waals surface area contributed by atoms with Gasteiger partial charge in [0.1, 0.15) is 29.6 Å². The Labute approximate surface area is 183 Å². The Morgan fingerprint density at radius 2 is 2.09 bits per heavy atom. The lowest BCUT2D eigenvalue weighted by Gasteiger charge is -2.23. The van der Waals surface area contributed by atoms with Gasteiger partial charge in [0.15, 0.2) is 9.92 Å². The molecule has 2 heterocycles. The van der Waals surface area contributed by atoms with Gasteiger partial charge in [0.25, 0.3) is 0 Å². The Kier molecular flexibility index (Phi) is 5.18.